The van der Waals surface area contributed by atoms with E-state index >= 15 is 0 Å². The highest BCUT2D eigenvalue weighted by Gasteiger charge is 2.29. The molecule has 0 aliphatic heterocycles. The van der Waals surface area contributed by atoms with Gasteiger partial charge in [-0.25, -0.2) is 13.1 Å². The molecule has 8 heteroatoms. The highest BCUT2D eigenvalue weighted by atomic mass is 35.5. The molecule has 0 bridgehead atoms. The zero-order chi connectivity index (χ0) is 14.9. The number of benzene rings is 1. The quantitative estimate of drug-likeness (QED) is 0.787. The summed E-state index contributed by atoms with van der Waals surface area (Å²) in [6, 6.07) is 1.88. The van der Waals surface area contributed by atoms with Crippen LogP contribution in [0.4, 0.5) is 0 Å². The topological polar surface area (TPSA) is 92.4 Å². The summed E-state index contributed by atoms with van der Waals surface area (Å²) in [7, 11) is -3.92. The van der Waals surface area contributed by atoms with Crippen molar-refractivity contribution < 1.29 is 13.5 Å². The molecule has 1 aliphatic rings. The number of nitrogens with two attached hydrogens (primary N) is 1. The van der Waals surface area contributed by atoms with Gasteiger partial charge in [0.05, 0.1) is 5.02 Å². The maximum atomic E-state index is 12.3. The fraction of sp³-hybridized carbons (Fsp3) is 0.500. The lowest BCUT2D eigenvalue weighted by Gasteiger charge is -2.29. The first kappa shape index (κ1) is 15.9. The van der Waals surface area contributed by atoms with Crippen molar-refractivity contribution in [1.29, 1.82) is 0 Å². The molecule has 5 nitrogen and oxygen atoms in total. The van der Waals surface area contributed by atoms with Crippen molar-refractivity contribution in [2.24, 2.45) is 5.73 Å². The fourth-order valence-electron chi connectivity index (χ4n) is 2.32. The first-order chi connectivity index (χ1) is 9.31. The minimum absolute atomic E-state index is 0.106. The Kier molecular flexibility index (Phi) is 4.81. The lowest BCUT2D eigenvalue weighted by atomic mass is 9.92. The van der Waals surface area contributed by atoms with Crippen LogP contribution < -0.4 is 10.5 Å². The molecule has 1 aromatic carbocycles. The molecule has 0 unspecified atom stereocenters. The van der Waals surface area contributed by atoms with Crippen molar-refractivity contribution in [1.82, 2.24) is 4.72 Å². The highest BCUT2D eigenvalue weighted by molar-refractivity contribution is 7.89. The fourth-order valence-corrected chi connectivity index (χ4v) is 4.39. The second-order valence-corrected chi connectivity index (χ2v) is 7.44. The first-order valence-electron chi connectivity index (χ1n) is 6.27. The molecule has 0 amide bonds. The Morgan fingerprint density at radius 2 is 1.90 bits per heavy atom. The van der Waals surface area contributed by atoms with Crippen LogP contribution in [0.15, 0.2) is 17.0 Å². The van der Waals surface area contributed by atoms with E-state index in [0.717, 1.165) is 19.3 Å². The molecule has 20 heavy (non-hydrogen) atoms. The molecule has 112 valence electrons. The molecule has 4 N–H and O–H groups in total. The monoisotopic (exact) mass is 338 g/mol. The molecule has 1 fully saturated rings. The average Bonchev–Trinajstić information content (AvgIpc) is 2.36. The van der Waals surface area contributed by atoms with Gasteiger partial charge in [-0.2, -0.15) is 0 Å². The first-order valence-corrected chi connectivity index (χ1v) is 8.51. The van der Waals surface area contributed by atoms with E-state index in [1.165, 1.54) is 12.1 Å². The summed E-state index contributed by atoms with van der Waals surface area (Å²) in [4.78, 5) is -0.326. The molecule has 2 rings (SSSR count). The molecule has 0 radical (unpaired) electrons. The number of nitrogens with one attached hydrogen (secondary N) is 1. The predicted molar refractivity (Wildman–Crippen MR) is 78.7 cm³/mol. The normalized spacial score (nSPS) is 23.8. The number of sulfonamides is 1. The van der Waals surface area contributed by atoms with Crippen molar-refractivity contribution in [3.63, 3.8) is 0 Å². The van der Waals surface area contributed by atoms with Crippen LogP contribution in [0.2, 0.25) is 10.0 Å². The summed E-state index contributed by atoms with van der Waals surface area (Å²) in [5.41, 5.74) is 5.92. The van der Waals surface area contributed by atoms with Crippen molar-refractivity contribution >= 4 is 33.2 Å². The maximum Gasteiger partial charge on any atom is 0.244 e. The van der Waals surface area contributed by atoms with Crippen molar-refractivity contribution in [2.45, 2.75) is 42.7 Å². The van der Waals surface area contributed by atoms with Gasteiger partial charge >= 0.3 is 0 Å². The highest BCUT2D eigenvalue weighted by Crippen LogP contribution is 2.34. The Morgan fingerprint density at radius 1 is 1.25 bits per heavy atom. The third-order valence-corrected chi connectivity index (χ3v) is 5.42. The Bertz CT molecular complexity index is 607. The second-order valence-electron chi connectivity index (χ2n) is 4.91. The van der Waals surface area contributed by atoms with Crippen LogP contribution in [0, 0.1) is 0 Å². The van der Waals surface area contributed by atoms with Gasteiger partial charge in [0.2, 0.25) is 10.0 Å². The summed E-state index contributed by atoms with van der Waals surface area (Å²) < 4.78 is 27.2. The van der Waals surface area contributed by atoms with Crippen LogP contribution in [0.5, 0.6) is 5.75 Å². The standard InChI is InChI=1S/C12H16Cl2N2O3S/c13-7-5-8(14)12(17)11(6-7)20(18,19)16-10-4-2-1-3-9(10)15/h5-6,9-10,16-17H,1-4,15H2/t9-,10-/m1/s1. The molecule has 2 atom stereocenters. The van der Waals surface area contributed by atoms with Gasteiger partial charge in [0.1, 0.15) is 4.90 Å². The number of phenolic OH excluding ortho intramolecular Hbond substituents is 1. The summed E-state index contributed by atoms with van der Waals surface area (Å²) in [5, 5.41) is 9.85. The Morgan fingerprint density at radius 3 is 2.55 bits per heavy atom. The number of hydrogen-bond acceptors (Lipinski definition) is 4. The van der Waals surface area contributed by atoms with Gasteiger partial charge < -0.3 is 10.8 Å². The Labute approximate surface area is 128 Å². The zero-order valence-electron chi connectivity index (χ0n) is 10.6. The van der Waals surface area contributed by atoms with Gasteiger partial charge in [-0.15, -0.1) is 0 Å². The number of halogens is 2. The van der Waals surface area contributed by atoms with Gasteiger partial charge in [-0.1, -0.05) is 36.0 Å². The minimum atomic E-state index is -3.92. The van der Waals surface area contributed by atoms with Crippen molar-refractivity contribution in [3.05, 3.63) is 22.2 Å². The van der Waals surface area contributed by atoms with E-state index in [4.69, 9.17) is 28.9 Å². The molecule has 1 aromatic rings. The van der Waals surface area contributed by atoms with Crippen LogP contribution in [-0.2, 0) is 10.0 Å². The van der Waals surface area contributed by atoms with E-state index < -0.39 is 15.8 Å². The molecule has 1 aliphatic carbocycles. The lowest BCUT2D eigenvalue weighted by Crippen LogP contribution is -2.49. The van der Waals surface area contributed by atoms with E-state index in [9.17, 15) is 13.5 Å². The summed E-state index contributed by atoms with van der Waals surface area (Å²) in [5.74, 6) is -0.507. The van der Waals surface area contributed by atoms with Gasteiger partial charge in [-0.3, -0.25) is 0 Å². The number of phenols is 1. The molecule has 0 aromatic heterocycles. The zero-order valence-corrected chi connectivity index (χ0v) is 13.0. The van der Waals surface area contributed by atoms with Crippen LogP contribution in [0.25, 0.3) is 0 Å². The predicted octanol–water partition coefficient (Wildman–Crippen LogP) is 2.25. The molecular formula is C12H16Cl2N2O3S. The van der Waals surface area contributed by atoms with E-state index in [1.807, 2.05) is 0 Å². The summed E-state index contributed by atoms with van der Waals surface area (Å²) in [6.07, 6.45) is 3.36. The van der Waals surface area contributed by atoms with Gasteiger partial charge in [-0.05, 0) is 25.0 Å². The van der Waals surface area contributed by atoms with Crippen LogP contribution in [0.1, 0.15) is 25.7 Å². The van der Waals surface area contributed by atoms with E-state index in [0.29, 0.717) is 6.42 Å². The summed E-state index contributed by atoms with van der Waals surface area (Å²) >= 11 is 11.5. The summed E-state index contributed by atoms with van der Waals surface area (Å²) in [6.45, 7) is 0. The Hall–Kier alpha value is -0.530. The van der Waals surface area contributed by atoms with Crippen molar-refractivity contribution in [2.75, 3.05) is 0 Å². The van der Waals surface area contributed by atoms with E-state index in [-0.39, 0.29) is 27.0 Å². The van der Waals surface area contributed by atoms with Gasteiger partial charge in [0.15, 0.2) is 5.75 Å². The molecular weight excluding hydrogens is 323 g/mol. The minimum Gasteiger partial charge on any atom is -0.505 e. The largest absolute Gasteiger partial charge is 0.505 e. The van der Waals surface area contributed by atoms with E-state index in [1.54, 1.807) is 0 Å². The van der Waals surface area contributed by atoms with Crippen LogP contribution >= 0.6 is 23.2 Å². The SMILES string of the molecule is N[C@@H]1CCCC[C@H]1NS(=O)(=O)c1cc(Cl)cc(Cl)c1O. The third kappa shape index (κ3) is 3.38. The number of rotatable bonds is 3. The van der Waals surface area contributed by atoms with Crippen LogP contribution in [-0.4, -0.2) is 25.6 Å². The molecule has 0 spiro atoms. The van der Waals surface area contributed by atoms with Crippen molar-refractivity contribution in [3.8, 4) is 5.75 Å². The maximum absolute atomic E-state index is 12.3. The van der Waals surface area contributed by atoms with Crippen LogP contribution in [0.3, 0.4) is 0 Å². The second kappa shape index (κ2) is 6.07. The van der Waals surface area contributed by atoms with Gasteiger partial charge in [0, 0.05) is 17.1 Å². The molecule has 0 saturated heterocycles. The smallest absolute Gasteiger partial charge is 0.244 e. The number of hydrogen-bond donors (Lipinski definition) is 3. The van der Waals surface area contributed by atoms with Gasteiger partial charge in [0.25, 0.3) is 0 Å². The Balaban J connectivity index is 2.31. The lowest BCUT2D eigenvalue weighted by molar-refractivity contribution is 0.360. The molecule has 0 heterocycles. The average molecular weight is 339 g/mol. The van der Waals surface area contributed by atoms with E-state index in [2.05, 4.69) is 4.72 Å². The number of aromatic hydroxyl groups is 1. The third-order valence-electron chi connectivity index (χ3n) is 3.41. The molecule has 1 saturated carbocycles.